The van der Waals surface area contributed by atoms with Crippen LogP contribution in [-0.2, 0) is 11.3 Å². The van der Waals surface area contributed by atoms with Gasteiger partial charge in [0.05, 0.1) is 5.92 Å². The number of likely N-dealkylation sites (tertiary alicyclic amines) is 1. The van der Waals surface area contributed by atoms with Gasteiger partial charge >= 0.3 is 12.0 Å². The lowest BCUT2D eigenvalue weighted by Gasteiger charge is -2.17. The average Bonchev–Trinajstić information content (AvgIpc) is 2.84. The summed E-state index contributed by atoms with van der Waals surface area (Å²) in [5.41, 5.74) is 2.83. The Hall–Kier alpha value is -2.11. The SMILES string of the molecule is Cc1cc(CNC(=O)N2CCC(C(=O)O)C2)cc(C)n1. The minimum atomic E-state index is -0.833. The van der Waals surface area contributed by atoms with E-state index in [4.69, 9.17) is 5.11 Å². The van der Waals surface area contributed by atoms with Crippen molar-refractivity contribution in [3.8, 4) is 0 Å². The molecule has 108 valence electrons. The molecule has 1 aliphatic heterocycles. The van der Waals surface area contributed by atoms with Crippen molar-refractivity contribution in [1.29, 1.82) is 0 Å². The highest BCUT2D eigenvalue weighted by molar-refractivity contribution is 5.77. The molecule has 1 aliphatic rings. The summed E-state index contributed by atoms with van der Waals surface area (Å²) in [4.78, 5) is 28.7. The summed E-state index contributed by atoms with van der Waals surface area (Å²) < 4.78 is 0. The minimum absolute atomic E-state index is 0.208. The third-order valence-corrected chi connectivity index (χ3v) is 3.41. The third kappa shape index (κ3) is 3.46. The van der Waals surface area contributed by atoms with E-state index < -0.39 is 11.9 Å². The molecule has 20 heavy (non-hydrogen) atoms. The Labute approximate surface area is 117 Å². The van der Waals surface area contributed by atoms with Gasteiger partial charge in [-0.25, -0.2) is 4.79 Å². The van der Waals surface area contributed by atoms with Crippen molar-refractivity contribution < 1.29 is 14.7 Å². The smallest absolute Gasteiger partial charge is 0.317 e. The lowest BCUT2D eigenvalue weighted by Crippen LogP contribution is -2.38. The summed E-state index contributed by atoms with van der Waals surface area (Å²) >= 11 is 0. The van der Waals surface area contributed by atoms with Crippen molar-refractivity contribution in [1.82, 2.24) is 15.2 Å². The van der Waals surface area contributed by atoms with Gasteiger partial charge in [-0.1, -0.05) is 0 Å². The fourth-order valence-electron chi connectivity index (χ4n) is 2.46. The van der Waals surface area contributed by atoms with E-state index >= 15 is 0 Å². The Morgan fingerprint density at radius 2 is 2.05 bits per heavy atom. The zero-order valence-corrected chi connectivity index (χ0v) is 11.7. The van der Waals surface area contributed by atoms with Crippen LogP contribution in [0.1, 0.15) is 23.4 Å². The second-order valence-electron chi connectivity index (χ2n) is 5.19. The van der Waals surface area contributed by atoms with Crippen LogP contribution in [0.3, 0.4) is 0 Å². The van der Waals surface area contributed by atoms with Crippen LogP contribution in [0.4, 0.5) is 4.79 Å². The monoisotopic (exact) mass is 277 g/mol. The van der Waals surface area contributed by atoms with Gasteiger partial charge in [-0.2, -0.15) is 0 Å². The van der Waals surface area contributed by atoms with Crippen molar-refractivity contribution in [2.75, 3.05) is 13.1 Å². The number of nitrogens with one attached hydrogen (secondary N) is 1. The molecule has 2 rings (SSSR count). The van der Waals surface area contributed by atoms with E-state index in [2.05, 4.69) is 10.3 Å². The van der Waals surface area contributed by atoms with E-state index in [0.717, 1.165) is 17.0 Å². The van der Waals surface area contributed by atoms with Gasteiger partial charge in [0.25, 0.3) is 0 Å². The Kier molecular flexibility index (Phi) is 4.22. The number of hydrogen-bond acceptors (Lipinski definition) is 3. The number of carbonyl (C=O) groups excluding carboxylic acids is 1. The number of hydrogen-bond donors (Lipinski definition) is 2. The van der Waals surface area contributed by atoms with Gasteiger partial charge in [-0.05, 0) is 38.0 Å². The topological polar surface area (TPSA) is 82.5 Å². The maximum Gasteiger partial charge on any atom is 0.317 e. The molecule has 0 aromatic carbocycles. The Balaban J connectivity index is 1.88. The second-order valence-corrected chi connectivity index (χ2v) is 5.19. The zero-order valence-electron chi connectivity index (χ0n) is 11.7. The van der Waals surface area contributed by atoms with Crippen molar-refractivity contribution in [2.24, 2.45) is 5.92 Å². The predicted molar refractivity (Wildman–Crippen MR) is 73.3 cm³/mol. The molecule has 0 spiro atoms. The van der Waals surface area contributed by atoms with Crippen molar-refractivity contribution >= 4 is 12.0 Å². The first-order valence-electron chi connectivity index (χ1n) is 6.65. The van der Waals surface area contributed by atoms with E-state index in [1.54, 1.807) is 4.90 Å². The molecule has 2 heterocycles. The first-order chi connectivity index (χ1) is 9.45. The third-order valence-electron chi connectivity index (χ3n) is 3.41. The second kappa shape index (κ2) is 5.90. The summed E-state index contributed by atoms with van der Waals surface area (Å²) in [6.07, 6.45) is 0.524. The Bertz CT molecular complexity index is 510. The highest BCUT2D eigenvalue weighted by Gasteiger charge is 2.30. The highest BCUT2D eigenvalue weighted by atomic mass is 16.4. The van der Waals surface area contributed by atoms with Crippen LogP contribution in [0.25, 0.3) is 0 Å². The van der Waals surface area contributed by atoms with Gasteiger partial charge in [-0.3, -0.25) is 9.78 Å². The number of aryl methyl sites for hydroxylation is 2. The lowest BCUT2D eigenvalue weighted by atomic mass is 10.1. The van der Waals surface area contributed by atoms with Crippen LogP contribution in [-0.4, -0.2) is 40.1 Å². The number of carbonyl (C=O) groups is 2. The summed E-state index contributed by atoms with van der Waals surface area (Å²) in [7, 11) is 0. The molecule has 0 radical (unpaired) electrons. The summed E-state index contributed by atoms with van der Waals surface area (Å²) in [5.74, 6) is -1.27. The molecule has 6 heteroatoms. The molecule has 0 saturated carbocycles. The van der Waals surface area contributed by atoms with Gasteiger partial charge < -0.3 is 15.3 Å². The van der Waals surface area contributed by atoms with E-state index in [9.17, 15) is 9.59 Å². The van der Waals surface area contributed by atoms with Crippen LogP contribution < -0.4 is 5.32 Å². The minimum Gasteiger partial charge on any atom is -0.481 e. The summed E-state index contributed by atoms with van der Waals surface area (Å²) in [6, 6.07) is 3.65. The molecule has 2 amide bonds. The highest BCUT2D eigenvalue weighted by Crippen LogP contribution is 2.16. The fourth-order valence-corrected chi connectivity index (χ4v) is 2.46. The standard InChI is InChI=1S/C14H19N3O3/c1-9-5-11(6-10(2)16-9)7-15-14(20)17-4-3-12(8-17)13(18)19/h5-6,12H,3-4,7-8H2,1-2H3,(H,15,20)(H,18,19). The number of carboxylic acids is 1. The summed E-state index contributed by atoms with van der Waals surface area (Å²) in [6.45, 7) is 5.04. The maximum absolute atomic E-state index is 12.0. The molecular formula is C14H19N3O3. The van der Waals surface area contributed by atoms with E-state index in [-0.39, 0.29) is 12.6 Å². The number of pyridine rings is 1. The molecule has 1 aromatic heterocycles. The molecule has 1 saturated heterocycles. The maximum atomic E-state index is 12.0. The van der Waals surface area contributed by atoms with Crippen molar-refractivity contribution in [2.45, 2.75) is 26.8 Å². The van der Waals surface area contributed by atoms with Gasteiger partial charge in [0, 0.05) is 31.0 Å². The first kappa shape index (κ1) is 14.3. The van der Waals surface area contributed by atoms with E-state index in [1.807, 2.05) is 26.0 Å². The quantitative estimate of drug-likeness (QED) is 0.872. The van der Waals surface area contributed by atoms with Gasteiger partial charge in [0.15, 0.2) is 0 Å². The number of aliphatic carboxylic acids is 1. The van der Waals surface area contributed by atoms with Crippen LogP contribution in [0, 0.1) is 19.8 Å². The predicted octanol–water partition coefficient (Wildman–Crippen LogP) is 1.31. The molecule has 1 unspecified atom stereocenters. The number of nitrogens with zero attached hydrogens (tertiary/aromatic N) is 2. The fraction of sp³-hybridized carbons (Fsp3) is 0.500. The lowest BCUT2D eigenvalue weighted by molar-refractivity contribution is -0.141. The number of carboxylic acid groups (broad SMARTS) is 1. The van der Waals surface area contributed by atoms with Gasteiger partial charge in [-0.15, -0.1) is 0 Å². The molecular weight excluding hydrogens is 258 g/mol. The number of aromatic nitrogens is 1. The van der Waals surface area contributed by atoms with E-state index in [0.29, 0.717) is 19.5 Å². The first-order valence-corrected chi connectivity index (χ1v) is 6.65. The number of amides is 2. The molecule has 1 aromatic rings. The zero-order chi connectivity index (χ0) is 14.7. The summed E-state index contributed by atoms with van der Waals surface area (Å²) in [5, 5.41) is 11.7. The Morgan fingerprint density at radius 1 is 1.40 bits per heavy atom. The Morgan fingerprint density at radius 3 is 2.60 bits per heavy atom. The van der Waals surface area contributed by atoms with Crippen LogP contribution in [0.2, 0.25) is 0 Å². The normalized spacial score (nSPS) is 18.1. The number of rotatable bonds is 3. The van der Waals surface area contributed by atoms with Crippen molar-refractivity contribution in [3.63, 3.8) is 0 Å². The molecule has 0 aliphatic carbocycles. The van der Waals surface area contributed by atoms with Crippen LogP contribution in [0.15, 0.2) is 12.1 Å². The van der Waals surface area contributed by atoms with E-state index in [1.165, 1.54) is 0 Å². The molecule has 0 bridgehead atoms. The molecule has 2 N–H and O–H groups in total. The largest absolute Gasteiger partial charge is 0.481 e. The van der Waals surface area contributed by atoms with Crippen LogP contribution >= 0.6 is 0 Å². The molecule has 1 fully saturated rings. The van der Waals surface area contributed by atoms with Gasteiger partial charge in [0.1, 0.15) is 0 Å². The molecule has 6 nitrogen and oxygen atoms in total. The average molecular weight is 277 g/mol. The number of urea groups is 1. The van der Waals surface area contributed by atoms with Crippen molar-refractivity contribution in [3.05, 3.63) is 29.1 Å². The molecule has 1 atom stereocenters. The van der Waals surface area contributed by atoms with Gasteiger partial charge in [0.2, 0.25) is 0 Å². The van der Waals surface area contributed by atoms with Crippen LogP contribution in [0.5, 0.6) is 0 Å².